The van der Waals surface area contributed by atoms with Gasteiger partial charge in [0.1, 0.15) is 11.6 Å². The second kappa shape index (κ2) is 11.9. The number of ether oxygens (including phenoxy) is 3. The zero-order chi connectivity index (χ0) is 26.2. The quantitative estimate of drug-likeness (QED) is 0.280. The number of aromatic nitrogens is 2. The highest BCUT2D eigenvalue weighted by atomic mass is 16.5. The third kappa shape index (κ3) is 5.98. The molecule has 4 aromatic rings. The van der Waals surface area contributed by atoms with Gasteiger partial charge in [-0.25, -0.2) is 4.79 Å². The van der Waals surface area contributed by atoms with E-state index < -0.39 is 6.09 Å². The molecular weight excluding hydrogens is 468 g/mol. The van der Waals surface area contributed by atoms with Gasteiger partial charge in [0.05, 0.1) is 32.2 Å². The summed E-state index contributed by atoms with van der Waals surface area (Å²) in [5.41, 5.74) is 5.19. The first-order valence-corrected chi connectivity index (χ1v) is 12.0. The predicted octanol–water partition coefficient (Wildman–Crippen LogP) is 6.55. The van der Waals surface area contributed by atoms with Crippen LogP contribution in [0, 0.1) is 0 Å². The molecule has 3 aromatic carbocycles. The third-order valence-corrected chi connectivity index (χ3v) is 5.74. The normalized spacial score (nSPS) is 10.5. The monoisotopic (exact) mass is 498 g/mol. The molecule has 0 atom stereocenters. The molecule has 0 aliphatic rings. The van der Waals surface area contributed by atoms with Crippen LogP contribution in [0.1, 0.15) is 13.8 Å². The summed E-state index contributed by atoms with van der Waals surface area (Å²) in [7, 11) is 3.20. The van der Waals surface area contributed by atoms with E-state index in [0.717, 1.165) is 28.1 Å². The van der Waals surface area contributed by atoms with Crippen LogP contribution in [0.2, 0.25) is 0 Å². The smallest absolute Gasteiger partial charge is 0.411 e. The molecule has 0 fully saturated rings. The molecule has 8 nitrogen and oxygen atoms in total. The molecule has 1 aromatic heterocycles. The Morgan fingerprint density at radius 2 is 1.65 bits per heavy atom. The van der Waals surface area contributed by atoms with Gasteiger partial charge in [0.25, 0.3) is 0 Å². The lowest BCUT2D eigenvalue weighted by molar-refractivity contribution is 0.168. The first-order valence-electron chi connectivity index (χ1n) is 12.0. The maximum Gasteiger partial charge on any atom is 0.411 e. The summed E-state index contributed by atoms with van der Waals surface area (Å²) in [6.07, 6.45) is -0.507. The molecule has 0 unspecified atom stereocenters. The zero-order valence-electron chi connectivity index (χ0n) is 21.4. The first-order chi connectivity index (χ1) is 18.1. The highest BCUT2D eigenvalue weighted by Gasteiger charge is 2.18. The SMILES string of the molecule is CCOC(=O)Nc1cccc(-c2cc(N(CC)c3ccccc3-c3ccc(OC)cc3)nc(OC)n2)c1. The summed E-state index contributed by atoms with van der Waals surface area (Å²) in [6.45, 7) is 4.79. The molecule has 0 saturated carbocycles. The van der Waals surface area contributed by atoms with Crippen molar-refractivity contribution in [2.24, 2.45) is 0 Å². The maximum atomic E-state index is 11.9. The maximum absolute atomic E-state index is 11.9. The van der Waals surface area contributed by atoms with Crippen LogP contribution in [-0.4, -0.2) is 43.4 Å². The molecule has 0 saturated heterocycles. The number of anilines is 3. The lowest BCUT2D eigenvalue weighted by Gasteiger charge is -2.25. The highest BCUT2D eigenvalue weighted by molar-refractivity contribution is 5.86. The zero-order valence-corrected chi connectivity index (χ0v) is 21.4. The van der Waals surface area contributed by atoms with Gasteiger partial charge in [-0.3, -0.25) is 5.32 Å². The Balaban J connectivity index is 1.75. The van der Waals surface area contributed by atoms with E-state index in [0.29, 0.717) is 30.4 Å². The Hall–Kier alpha value is -4.59. The average Bonchev–Trinajstić information content (AvgIpc) is 2.94. The Morgan fingerprint density at radius 3 is 2.35 bits per heavy atom. The number of para-hydroxylation sites is 1. The molecule has 0 spiro atoms. The van der Waals surface area contributed by atoms with Crippen molar-refractivity contribution in [3.63, 3.8) is 0 Å². The topological polar surface area (TPSA) is 85.8 Å². The van der Waals surface area contributed by atoms with E-state index in [1.165, 1.54) is 0 Å². The fraction of sp³-hybridized carbons (Fsp3) is 0.207. The van der Waals surface area contributed by atoms with Gasteiger partial charge in [0, 0.05) is 29.4 Å². The predicted molar refractivity (Wildman–Crippen MR) is 146 cm³/mol. The van der Waals surface area contributed by atoms with E-state index in [-0.39, 0.29) is 6.01 Å². The number of carbonyl (C=O) groups excluding carboxylic acids is 1. The van der Waals surface area contributed by atoms with Crippen molar-refractivity contribution in [1.82, 2.24) is 9.97 Å². The minimum atomic E-state index is -0.507. The Kier molecular flexibility index (Phi) is 8.20. The first kappa shape index (κ1) is 25.5. The van der Waals surface area contributed by atoms with Crippen molar-refractivity contribution < 1.29 is 19.0 Å². The number of nitrogens with one attached hydrogen (secondary N) is 1. The molecule has 0 aliphatic heterocycles. The van der Waals surface area contributed by atoms with Crippen molar-refractivity contribution >= 4 is 23.3 Å². The number of rotatable bonds is 9. The number of methoxy groups -OCH3 is 2. The summed E-state index contributed by atoms with van der Waals surface area (Å²) >= 11 is 0. The summed E-state index contributed by atoms with van der Waals surface area (Å²) in [4.78, 5) is 23.2. The molecule has 0 radical (unpaired) electrons. The average molecular weight is 499 g/mol. The number of carbonyl (C=O) groups is 1. The van der Waals surface area contributed by atoms with Gasteiger partial charge in [-0.2, -0.15) is 9.97 Å². The molecule has 1 amide bonds. The van der Waals surface area contributed by atoms with Crippen LogP contribution in [0.25, 0.3) is 22.4 Å². The van der Waals surface area contributed by atoms with E-state index in [9.17, 15) is 4.79 Å². The highest BCUT2D eigenvalue weighted by Crippen LogP contribution is 2.36. The fourth-order valence-electron chi connectivity index (χ4n) is 4.01. The molecule has 4 rings (SSSR count). The summed E-state index contributed by atoms with van der Waals surface area (Å²) in [5.74, 6) is 1.49. The van der Waals surface area contributed by atoms with E-state index in [1.807, 2.05) is 60.7 Å². The second-order valence-corrected chi connectivity index (χ2v) is 8.01. The van der Waals surface area contributed by atoms with E-state index in [2.05, 4.69) is 39.2 Å². The summed E-state index contributed by atoms with van der Waals surface area (Å²) in [5, 5.41) is 2.73. The van der Waals surface area contributed by atoms with Gasteiger partial charge in [-0.05, 0) is 49.7 Å². The summed E-state index contributed by atoms with van der Waals surface area (Å²) < 4.78 is 15.8. The van der Waals surface area contributed by atoms with Gasteiger partial charge < -0.3 is 19.1 Å². The Bertz CT molecular complexity index is 1360. The lowest BCUT2D eigenvalue weighted by Crippen LogP contribution is -2.19. The van der Waals surface area contributed by atoms with E-state index >= 15 is 0 Å². The van der Waals surface area contributed by atoms with Crippen LogP contribution in [0.3, 0.4) is 0 Å². The largest absolute Gasteiger partial charge is 0.497 e. The van der Waals surface area contributed by atoms with Gasteiger partial charge in [0.2, 0.25) is 0 Å². The van der Waals surface area contributed by atoms with Crippen molar-refractivity contribution in [3.05, 3.63) is 78.9 Å². The molecule has 190 valence electrons. The standard InChI is InChI=1S/C29H30N4O4/c1-5-33(26-13-8-7-12-24(26)20-14-16-23(35-3)17-15-20)27-19-25(31-28(32-27)36-4)21-10-9-11-22(18-21)30-29(34)37-6-2/h7-19H,5-6H2,1-4H3,(H,30,34). The van der Waals surface area contributed by atoms with Crippen molar-refractivity contribution in [2.75, 3.05) is 37.6 Å². The number of benzene rings is 3. The van der Waals surface area contributed by atoms with E-state index in [4.69, 9.17) is 14.2 Å². The van der Waals surface area contributed by atoms with Crippen molar-refractivity contribution in [1.29, 1.82) is 0 Å². The number of amides is 1. The molecule has 0 aliphatic carbocycles. The number of hydrogen-bond acceptors (Lipinski definition) is 7. The summed E-state index contributed by atoms with van der Waals surface area (Å²) in [6, 6.07) is 25.7. The van der Waals surface area contributed by atoms with Crippen LogP contribution in [0.5, 0.6) is 11.8 Å². The Morgan fingerprint density at radius 1 is 0.865 bits per heavy atom. The molecule has 37 heavy (non-hydrogen) atoms. The Labute approximate surface area is 216 Å². The van der Waals surface area contributed by atoms with Gasteiger partial charge in [-0.15, -0.1) is 0 Å². The van der Waals surface area contributed by atoms with Crippen LogP contribution >= 0.6 is 0 Å². The molecular formula is C29H30N4O4. The van der Waals surface area contributed by atoms with Crippen LogP contribution < -0.4 is 19.7 Å². The molecule has 0 bridgehead atoms. The molecule has 8 heteroatoms. The van der Waals surface area contributed by atoms with Gasteiger partial charge in [0.15, 0.2) is 0 Å². The minimum Gasteiger partial charge on any atom is -0.497 e. The minimum absolute atomic E-state index is 0.247. The number of nitrogens with zero attached hydrogens (tertiary/aromatic N) is 3. The fourth-order valence-corrected chi connectivity index (χ4v) is 4.01. The lowest BCUT2D eigenvalue weighted by atomic mass is 10.0. The van der Waals surface area contributed by atoms with Gasteiger partial charge >= 0.3 is 12.1 Å². The van der Waals surface area contributed by atoms with Gasteiger partial charge in [-0.1, -0.05) is 42.5 Å². The third-order valence-electron chi connectivity index (χ3n) is 5.74. The second-order valence-electron chi connectivity index (χ2n) is 8.01. The van der Waals surface area contributed by atoms with Crippen molar-refractivity contribution in [3.8, 4) is 34.1 Å². The molecule has 1 N–H and O–H groups in total. The van der Waals surface area contributed by atoms with E-state index in [1.54, 1.807) is 27.2 Å². The van der Waals surface area contributed by atoms with Crippen LogP contribution in [-0.2, 0) is 4.74 Å². The van der Waals surface area contributed by atoms with Crippen LogP contribution in [0.15, 0.2) is 78.9 Å². The molecule has 1 heterocycles. The van der Waals surface area contributed by atoms with Crippen molar-refractivity contribution in [2.45, 2.75) is 13.8 Å². The van der Waals surface area contributed by atoms with Crippen LogP contribution in [0.4, 0.5) is 22.0 Å². The number of hydrogen-bond donors (Lipinski definition) is 1.